The number of halogens is 1. The predicted molar refractivity (Wildman–Crippen MR) is 58.1 cm³/mol. The van der Waals surface area contributed by atoms with Gasteiger partial charge in [-0.3, -0.25) is 0 Å². The lowest BCUT2D eigenvalue weighted by atomic mass is 10.2. The lowest BCUT2D eigenvalue weighted by Gasteiger charge is -1.99. The number of anilines is 1. The molecule has 4 nitrogen and oxygen atoms in total. The normalized spacial score (nSPS) is 10.6. The SMILES string of the molecule is CCCc1nnc(-c2cc(F)ccc2N)o1. The van der Waals surface area contributed by atoms with E-state index < -0.39 is 0 Å². The molecule has 5 heteroatoms. The molecule has 1 heterocycles. The second-order valence-corrected chi connectivity index (χ2v) is 3.48. The topological polar surface area (TPSA) is 64.9 Å². The van der Waals surface area contributed by atoms with Crippen LogP contribution in [0.4, 0.5) is 10.1 Å². The Kier molecular flexibility index (Phi) is 2.85. The summed E-state index contributed by atoms with van der Waals surface area (Å²) >= 11 is 0. The van der Waals surface area contributed by atoms with Crippen molar-refractivity contribution in [2.75, 3.05) is 5.73 Å². The molecule has 0 saturated heterocycles. The molecule has 1 aromatic heterocycles. The molecular weight excluding hydrogens is 209 g/mol. The number of nitrogens with two attached hydrogens (primary N) is 1. The van der Waals surface area contributed by atoms with Crippen molar-refractivity contribution in [3.05, 3.63) is 29.9 Å². The highest BCUT2D eigenvalue weighted by atomic mass is 19.1. The van der Waals surface area contributed by atoms with E-state index in [0.29, 0.717) is 23.6 Å². The maximum absolute atomic E-state index is 13.0. The number of aryl methyl sites for hydroxylation is 1. The van der Waals surface area contributed by atoms with Crippen LogP contribution < -0.4 is 5.73 Å². The van der Waals surface area contributed by atoms with Crippen molar-refractivity contribution in [1.29, 1.82) is 0 Å². The average molecular weight is 221 g/mol. The second-order valence-electron chi connectivity index (χ2n) is 3.48. The Labute approximate surface area is 92.3 Å². The summed E-state index contributed by atoms with van der Waals surface area (Å²) in [5, 5.41) is 7.70. The third-order valence-corrected chi connectivity index (χ3v) is 2.18. The maximum Gasteiger partial charge on any atom is 0.249 e. The summed E-state index contributed by atoms with van der Waals surface area (Å²) in [7, 11) is 0. The molecule has 16 heavy (non-hydrogen) atoms. The molecule has 0 bridgehead atoms. The van der Waals surface area contributed by atoms with E-state index >= 15 is 0 Å². The van der Waals surface area contributed by atoms with Crippen LogP contribution in [0.5, 0.6) is 0 Å². The minimum absolute atomic E-state index is 0.264. The Morgan fingerprint density at radius 3 is 2.94 bits per heavy atom. The Hall–Kier alpha value is -1.91. The van der Waals surface area contributed by atoms with Crippen molar-refractivity contribution in [1.82, 2.24) is 10.2 Å². The zero-order valence-electron chi connectivity index (χ0n) is 8.90. The molecule has 0 aliphatic rings. The van der Waals surface area contributed by atoms with E-state index in [0.717, 1.165) is 6.42 Å². The van der Waals surface area contributed by atoms with Crippen LogP contribution in [0.3, 0.4) is 0 Å². The van der Waals surface area contributed by atoms with Gasteiger partial charge in [0.2, 0.25) is 11.8 Å². The number of benzene rings is 1. The van der Waals surface area contributed by atoms with E-state index in [1.54, 1.807) is 0 Å². The number of nitrogens with zero attached hydrogens (tertiary/aromatic N) is 2. The smallest absolute Gasteiger partial charge is 0.249 e. The van der Waals surface area contributed by atoms with Gasteiger partial charge in [-0.05, 0) is 24.6 Å². The molecule has 0 spiro atoms. The summed E-state index contributed by atoms with van der Waals surface area (Å²) in [6.07, 6.45) is 1.63. The molecule has 2 rings (SSSR count). The fourth-order valence-electron chi connectivity index (χ4n) is 1.39. The Morgan fingerprint density at radius 1 is 1.38 bits per heavy atom. The van der Waals surface area contributed by atoms with Gasteiger partial charge in [0.15, 0.2) is 0 Å². The van der Waals surface area contributed by atoms with Crippen molar-refractivity contribution >= 4 is 5.69 Å². The highest BCUT2D eigenvalue weighted by Gasteiger charge is 2.11. The Balaban J connectivity index is 2.38. The van der Waals surface area contributed by atoms with Crippen LogP contribution >= 0.6 is 0 Å². The van der Waals surface area contributed by atoms with Crippen LogP contribution in [0, 0.1) is 5.82 Å². The minimum Gasteiger partial charge on any atom is -0.421 e. The zero-order valence-corrected chi connectivity index (χ0v) is 8.90. The molecule has 1 aromatic carbocycles. The van der Waals surface area contributed by atoms with Crippen LogP contribution in [0.15, 0.2) is 22.6 Å². The fourth-order valence-corrected chi connectivity index (χ4v) is 1.39. The van der Waals surface area contributed by atoms with Gasteiger partial charge in [-0.15, -0.1) is 10.2 Å². The molecular formula is C11H12FN3O. The molecule has 0 aliphatic carbocycles. The van der Waals surface area contributed by atoms with Gasteiger partial charge in [0.25, 0.3) is 0 Å². The van der Waals surface area contributed by atoms with Crippen molar-refractivity contribution < 1.29 is 8.81 Å². The van der Waals surface area contributed by atoms with Crippen LogP contribution in [0.25, 0.3) is 11.5 Å². The first-order chi connectivity index (χ1) is 7.70. The van der Waals surface area contributed by atoms with Gasteiger partial charge in [0.1, 0.15) is 5.82 Å². The van der Waals surface area contributed by atoms with Gasteiger partial charge < -0.3 is 10.2 Å². The largest absolute Gasteiger partial charge is 0.421 e. The van der Waals surface area contributed by atoms with Crippen molar-refractivity contribution in [3.63, 3.8) is 0 Å². The maximum atomic E-state index is 13.0. The summed E-state index contributed by atoms with van der Waals surface area (Å²) in [6.45, 7) is 2.01. The van der Waals surface area contributed by atoms with E-state index in [1.165, 1.54) is 18.2 Å². The van der Waals surface area contributed by atoms with Crippen LogP contribution in [-0.2, 0) is 6.42 Å². The third kappa shape index (κ3) is 2.03. The number of nitrogen functional groups attached to an aromatic ring is 1. The third-order valence-electron chi connectivity index (χ3n) is 2.18. The van der Waals surface area contributed by atoms with E-state index in [2.05, 4.69) is 10.2 Å². The van der Waals surface area contributed by atoms with E-state index in [4.69, 9.17) is 10.2 Å². The van der Waals surface area contributed by atoms with Crippen molar-refractivity contribution in [3.8, 4) is 11.5 Å². The number of hydrogen-bond donors (Lipinski definition) is 1. The van der Waals surface area contributed by atoms with Crippen LogP contribution in [0.1, 0.15) is 19.2 Å². The molecule has 0 saturated carbocycles. The van der Waals surface area contributed by atoms with Crippen molar-refractivity contribution in [2.45, 2.75) is 19.8 Å². The molecule has 0 radical (unpaired) electrons. The molecule has 0 unspecified atom stereocenters. The summed E-state index contributed by atoms with van der Waals surface area (Å²) < 4.78 is 18.4. The number of rotatable bonds is 3. The van der Waals surface area contributed by atoms with Gasteiger partial charge in [-0.1, -0.05) is 6.92 Å². The molecule has 0 amide bonds. The van der Waals surface area contributed by atoms with E-state index in [1.807, 2.05) is 6.92 Å². The molecule has 0 atom stereocenters. The van der Waals surface area contributed by atoms with Gasteiger partial charge in [0, 0.05) is 12.1 Å². The summed E-state index contributed by atoms with van der Waals surface area (Å²) in [4.78, 5) is 0. The second kappa shape index (κ2) is 4.30. The number of hydrogen-bond acceptors (Lipinski definition) is 4. The number of aromatic nitrogens is 2. The van der Waals surface area contributed by atoms with Gasteiger partial charge in [-0.2, -0.15) is 0 Å². The van der Waals surface area contributed by atoms with E-state index in [9.17, 15) is 4.39 Å². The first kappa shape index (κ1) is 10.6. The molecule has 84 valence electrons. The van der Waals surface area contributed by atoms with Crippen molar-refractivity contribution in [2.24, 2.45) is 0 Å². The minimum atomic E-state index is -0.376. The van der Waals surface area contributed by atoms with Gasteiger partial charge in [0.05, 0.1) is 5.56 Å². The monoisotopic (exact) mass is 221 g/mol. The van der Waals surface area contributed by atoms with Gasteiger partial charge in [-0.25, -0.2) is 4.39 Å². The highest BCUT2D eigenvalue weighted by molar-refractivity contribution is 5.69. The standard InChI is InChI=1S/C11H12FN3O/c1-2-3-10-14-15-11(16-10)8-6-7(12)4-5-9(8)13/h4-6H,2-3,13H2,1H3. The molecule has 0 aliphatic heterocycles. The first-order valence-corrected chi connectivity index (χ1v) is 5.08. The average Bonchev–Trinajstić information content (AvgIpc) is 2.71. The lowest BCUT2D eigenvalue weighted by Crippen LogP contribution is -1.91. The summed E-state index contributed by atoms with van der Waals surface area (Å²) in [5.74, 6) is 0.432. The zero-order chi connectivity index (χ0) is 11.5. The molecule has 2 N–H and O–H groups in total. The predicted octanol–water partition coefficient (Wildman–Crippen LogP) is 2.41. The van der Waals surface area contributed by atoms with Crippen LogP contribution in [0.2, 0.25) is 0 Å². The first-order valence-electron chi connectivity index (χ1n) is 5.08. The Morgan fingerprint density at radius 2 is 2.19 bits per heavy atom. The Bertz CT molecular complexity index is 496. The fraction of sp³-hybridized carbons (Fsp3) is 0.273. The molecule has 2 aromatic rings. The highest BCUT2D eigenvalue weighted by Crippen LogP contribution is 2.25. The van der Waals surface area contributed by atoms with Gasteiger partial charge >= 0.3 is 0 Å². The van der Waals surface area contributed by atoms with Crippen LogP contribution in [-0.4, -0.2) is 10.2 Å². The van der Waals surface area contributed by atoms with E-state index in [-0.39, 0.29) is 11.7 Å². The summed E-state index contributed by atoms with van der Waals surface area (Å²) in [6, 6.07) is 4.06. The quantitative estimate of drug-likeness (QED) is 0.808. The molecule has 0 fully saturated rings. The summed E-state index contributed by atoms with van der Waals surface area (Å²) in [5.41, 5.74) is 6.57. The lowest BCUT2D eigenvalue weighted by molar-refractivity contribution is 0.502.